The van der Waals surface area contributed by atoms with E-state index in [1.807, 2.05) is 6.20 Å². The van der Waals surface area contributed by atoms with Gasteiger partial charge in [-0.05, 0) is 19.8 Å². The number of aryl methyl sites for hydroxylation is 1. The van der Waals surface area contributed by atoms with Gasteiger partial charge in [-0.1, -0.05) is 6.92 Å². The lowest BCUT2D eigenvalue weighted by molar-refractivity contribution is 0.196. The van der Waals surface area contributed by atoms with Crippen LogP contribution < -0.4 is 0 Å². The molecule has 1 aromatic heterocycles. The molecule has 0 aliphatic rings. The average Bonchev–Trinajstić information content (AvgIpc) is 2.36. The Morgan fingerprint density at radius 2 is 2.42 bits per heavy atom. The number of rotatable bonds is 4. The summed E-state index contributed by atoms with van der Waals surface area (Å²) in [6.45, 7) is 3.95. The van der Waals surface area contributed by atoms with E-state index in [9.17, 15) is 0 Å². The van der Waals surface area contributed by atoms with Crippen LogP contribution in [0.25, 0.3) is 0 Å². The Balaban J connectivity index is 2.52. The van der Waals surface area contributed by atoms with Crippen molar-refractivity contribution in [1.82, 2.24) is 4.98 Å². The molecule has 0 aromatic carbocycles. The van der Waals surface area contributed by atoms with Crippen molar-refractivity contribution in [3.8, 4) is 0 Å². The van der Waals surface area contributed by atoms with E-state index in [0.717, 1.165) is 19.3 Å². The van der Waals surface area contributed by atoms with Crippen LogP contribution >= 0.6 is 11.3 Å². The largest absolute Gasteiger partial charge is 0.393 e. The quantitative estimate of drug-likeness (QED) is 0.778. The normalized spacial score (nSPS) is 13.2. The molecule has 0 saturated carbocycles. The Bertz CT molecular complexity index is 232. The third-order valence-corrected chi connectivity index (χ3v) is 2.64. The van der Waals surface area contributed by atoms with Crippen LogP contribution in [0.3, 0.4) is 0 Å². The van der Waals surface area contributed by atoms with Gasteiger partial charge in [-0.2, -0.15) is 0 Å². The first-order valence-electron chi connectivity index (χ1n) is 4.34. The Hall–Kier alpha value is -0.410. The molecule has 1 unspecified atom stereocenters. The molecule has 1 aromatic rings. The van der Waals surface area contributed by atoms with Gasteiger partial charge in [0.1, 0.15) is 0 Å². The highest BCUT2D eigenvalue weighted by Crippen LogP contribution is 2.15. The number of hydrogen-bond donors (Lipinski definition) is 1. The van der Waals surface area contributed by atoms with Crippen molar-refractivity contribution in [3.63, 3.8) is 0 Å². The van der Waals surface area contributed by atoms with Crippen molar-refractivity contribution in [3.05, 3.63) is 16.1 Å². The molecule has 0 bridgehead atoms. The van der Waals surface area contributed by atoms with Crippen LogP contribution in [-0.4, -0.2) is 16.2 Å². The van der Waals surface area contributed by atoms with Gasteiger partial charge in [0.25, 0.3) is 0 Å². The minimum absolute atomic E-state index is 0.250. The number of nitrogens with zero attached hydrogens (tertiary/aromatic N) is 1. The monoisotopic (exact) mass is 185 g/mol. The zero-order chi connectivity index (χ0) is 8.97. The van der Waals surface area contributed by atoms with Crippen LogP contribution in [0.5, 0.6) is 0 Å². The second-order valence-corrected chi connectivity index (χ2v) is 4.22. The minimum atomic E-state index is -0.250. The van der Waals surface area contributed by atoms with E-state index >= 15 is 0 Å². The second-order valence-electron chi connectivity index (χ2n) is 3.02. The second kappa shape index (κ2) is 4.58. The van der Waals surface area contributed by atoms with Gasteiger partial charge in [0.15, 0.2) is 0 Å². The molecule has 3 heteroatoms. The fourth-order valence-corrected chi connectivity index (χ4v) is 2.21. The Morgan fingerprint density at radius 1 is 1.67 bits per heavy atom. The van der Waals surface area contributed by atoms with Crippen LogP contribution in [-0.2, 0) is 12.8 Å². The third-order valence-electron chi connectivity index (χ3n) is 1.56. The summed E-state index contributed by atoms with van der Waals surface area (Å²) in [5, 5.41) is 10.3. The first-order chi connectivity index (χ1) is 5.72. The number of thiazole rings is 1. The molecule has 0 amide bonds. The summed E-state index contributed by atoms with van der Waals surface area (Å²) in [7, 11) is 0. The number of aromatic nitrogens is 1. The van der Waals surface area contributed by atoms with E-state index in [1.165, 1.54) is 9.88 Å². The van der Waals surface area contributed by atoms with Crippen molar-refractivity contribution in [2.45, 2.75) is 39.2 Å². The highest BCUT2D eigenvalue weighted by Gasteiger charge is 2.03. The van der Waals surface area contributed by atoms with E-state index in [2.05, 4.69) is 11.9 Å². The Kier molecular flexibility index (Phi) is 3.69. The summed E-state index contributed by atoms with van der Waals surface area (Å²) >= 11 is 1.71. The summed E-state index contributed by atoms with van der Waals surface area (Å²) in [5.41, 5.74) is 0. The zero-order valence-corrected chi connectivity index (χ0v) is 8.40. The topological polar surface area (TPSA) is 33.1 Å². The van der Waals surface area contributed by atoms with Crippen LogP contribution in [0.15, 0.2) is 6.20 Å². The number of aliphatic hydroxyl groups is 1. The standard InChI is InChI=1S/C9H15NOS/c1-3-4-9-10-6-8(12-9)5-7(2)11/h6-7,11H,3-5H2,1-2H3. The van der Waals surface area contributed by atoms with E-state index in [4.69, 9.17) is 5.11 Å². The number of aliphatic hydroxyl groups excluding tert-OH is 1. The van der Waals surface area contributed by atoms with Crippen LogP contribution in [0.4, 0.5) is 0 Å². The minimum Gasteiger partial charge on any atom is -0.393 e. The molecule has 0 radical (unpaired) electrons. The molecule has 0 fully saturated rings. The Morgan fingerprint density at radius 3 is 3.00 bits per heavy atom. The molecule has 0 aliphatic heterocycles. The smallest absolute Gasteiger partial charge is 0.0927 e. The molecule has 1 rings (SSSR count). The molecule has 1 heterocycles. The van der Waals surface area contributed by atoms with Gasteiger partial charge in [0, 0.05) is 17.5 Å². The van der Waals surface area contributed by atoms with E-state index in [1.54, 1.807) is 18.3 Å². The molecule has 1 atom stereocenters. The zero-order valence-electron chi connectivity index (χ0n) is 7.58. The van der Waals surface area contributed by atoms with Gasteiger partial charge in [-0.15, -0.1) is 11.3 Å². The molecule has 12 heavy (non-hydrogen) atoms. The van der Waals surface area contributed by atoms with Crippen molar-refractivity contribution < 1.29 is 5.11 Å². The first kappa shape index (κ1) is 9.68. The molecule has 0 saturated heterocycles. The molecular weight excluding hydrogens is 170 g/mol. The van der Waals surface area contributed by atoms with Gasteiger partial charge >= 0.3 is 0 Å². The molecule has 0 spiro atoms. The van der Waals surface area contributed by atoms with Crippen LogP contribution in [0.1, 0.15) is 30.2 Å². The van der Waals surface area contributed by atoms with Gasteiger partial charge in [-0.3, -0.25) is 0 Å². The molecule has 1 N–H and O–H groups in total. The van der Waals surface area contributed by atoms with Gasteiger partial charge in [0.2, 0.25) is 0 Å². The molecular formula is C9H15NOS. The van der Waals surface area contributed by atoms with E-state index < -0.39 is 0 Å². The van der Waals surface area contributed by atoms with Crippen LogP contribution in [0.2, 0.25) is 0 Å². The summed E-state index contributed by atoms with van der Waals surface area (Å²) in [6, 6.07) is 0. The maximum atomic E-state index is 9.12. The summed E-state index contributed by atoms with van der Waals surface area (Å²) in [4.78, 5) is 5.45. The fourth-order valence-electron chi connectivity index (χ4n) is 1.06. The summed E-state index contributed by atoms with van der Waals surface area (Å²) < 4.78 is 0. The lowest BCUT2D eigenvalue weighted by Gasteiger charge is -1.97. The first-order valence-corrected chi connectivity index (χ1v) is 5.15. The highest BCUT2D eigenvalue weighted by molar-refractivity contribution is 7.11. The predicted molar refractivity (Wildman–Crippen MR) is 51.5 cm³/mol. The van der Waals surface area contributed by atoms with Crippen molar-refractivity contribution in [2.24, 2.45) is 0 Å². The van der Waals surface area contributed by atoms with Gasteiger partial charge in [0.05, 0.1) is 11.1 Å². The van der Waals surface area contributed by atoms with Gasteiger partial charge < -0.3 is 5.11 Å². The predicted octanol–water partition coefficient (Wildman–Crippen LogP) is 2.02. The van der Waals surface area contributed by atoms with Crippen molar-refractivity contribution in [1.29, 1.82) is 0 Å². The summed E-state index contributed by atoms with van der Waals surface area (Å²) in [5.74, 6) is 0. The number of hydrogen-bond acceptors (Lipinski definition) is 3. The molecule has 68 valence electrons. The fraction of sp³-hybridized carbons (Fsp3) is 0.667. The van der Waals surface area contributed by atoms with Crippen LogP contribution in [0, 0.1) is 0 Å². The lowest BCUT2D eigenvalue weighted by Crippen LogP contribution is -2.01. The SMILES string of the molecule is CCCc1ncc(CC(C)O)s1. The maximum Gasteiger partial charge on any atom is 0.0927 e. The van der Waals surface area contributed by atoms with E-state index in [-0.39, 0.29) is 6.10 Å². The Labute approximate surface area is 77.3 Å². The van der Waals surface area contributed by atoms with Crippen molar-refractivity contribution in [2.75, 3.05) is 0 Å². The molecule has 0 aliphatic carbocycles. The van der Waals surface area contributed by atoms with Gasteiger partial charge in [-0.25, -0.2) is 4.98 Å². The molecule has 2 nitrogen and oxygen atoms in total. The average molecular weight is 185 g/mol. The van der Waals surface area contributed by atoms with E-state index in [0.29, 0.717) is 0 Å². The maximum absolute atomic E-state index is 9.12. The lowest BCUT2D eigenvalue weighted by atomic mass is 10.3. The third kappa shape index (κ3) is 2.91. The summed E-state index contributed by atoms with van der Waals surface area (Å²) in [6.07, 6.45) is 4.57. The highest BCUT2D eigenvalue weighted by atomic mass is 32.1. The van der Waals surface area contributed by atoms with Crippen molar-refractivity contribution >= 4 is 11.3 Å².